The van der Waals surface area contributed by atoms with E-state index in [0.29, 0.717) is 11.4 Å². The molecule has 6 heteroatoms. The molecule has 1 aromatic heterocycles. The number of benzene rings is 2. The molecular weight excluding hydrogens is 316 g/mol. The van der Waals surface area contributed by atoms with E-state index in [9.17, 15) is 9.59 Å². The molecule has 116 valence electrons. The van der Waals surface area contributed by atoms with Gasteiger partial charge in [0, 0.05) is 16.6 Å². The normalized spacial score (nSPS) is 10.7. The van der Waals surface area contributed by atoms with E-state index in [1.807, 2.05) is 25.1 Å². The molecular formula is C17H13ClN2O3. The number of H-pyrrole nitrogens is 1. The fourth-order valence-electron chi connectivity index (χ4n) is 2.34. The van der Waals surface area contributed by atoms with Crippen molar-refractivity contribution in [3.63, 3.8) is 0 Å². The molecule has 23 heavy (non-hydrogen) atoms. The van der Waals surface area contributed by atoms with Crippen LogP contribution >= 0.6 is 11.6 Å². The number of aromatic amines is 1. The fraction of sp³-hybridized carbons (Fsp3) is 0.0588. The van der Waals surface area contributed by atoms with Crippen LogP contribution in [0, 0.1) is 6.92 Å². The van der Waals surface area contributed by atoms with Crippen LogP contribution in [-0.2, 0) is 0 Å². The lowest BCUT2D eigenvalue weighted by molar-refractivity contribution is 0.0696. The van der Waals surface area contributed by atoms with Crippen molar-refractivity contribution in [2.75, 3.05) is 5.32 Å². The molecule has 0 saturated heterocycles. The summed E-state index contributed by atoms with van der Waals surface area (Å²) in [6, 6.07) is 11.9. The van der Waals surface area contributed by atoms with Crippen molar-refractivity contribution in [1.29, 1.82) is 0 Å². The number of nitrogens with one attached hydrogen (secondary N) is 2. The fourth-order valence-corrected chi connectivity index (χ4v) is 2.54. The molecule has 0 unspecified atom stereocenters. The first-order valence-corrected chi connectivity index (χ1v) is 7.25. The van der Waals surface area contributed by atoms with E-state index >= 15 is 0 Å². The summed E-state index contributed by atoms with van der Waals surface area (Å²) in [5, 5.41) is 12.8. The van der Waals surface area contributed by atoms with Gasteiger partial charge in [-0.15, -0.1) is 0 Å². The predicted molar refractivity (Wildman–Crippen MR) is 89.4 cm³/mol. The first kappa shape index (κ1) is 15.1. The van der Waals surface area contributed by atoms with Crippen LogP contribution in [0.3, 0.4) is 0 Å². The first-order chi connectivity index (χ1) is 10.9. The minimum absolute atomic E-state index is 0.0586. The monoisotopic (exact) mass is 328 g/mol. The van der Waals surface area contributed by atoms with Crippen LogP contribution in [0.15, 0.2) is 42.5 Å². The van der Waals surface area contributed by atoms with Gasteiger partial charge in [0.05, 0.1) is 10.6 Å². The topological polar surface area (TPSA) is 82.2 Å². The number of rotatable bonds is 3. The largest absolute Gasteiger partial charge is 0.478 e. The van der Waals surface area contributed by atoms with Gasteiger partial charge in [-0.1, -0.05) is 23.2 Å². The number of hydrogen-bond donors (Lipinski definition) is 3. The maximum absolute atomic E-state index is 12.3. The highest BCUT2D eigenvalue weighted by Crippen LogP contribution is 2.22. The first-order valence-electron chi connectivity index (χ1n) is 6.87. The van der Waals surface area contributed by atoms with Crippen molar-refractivity contribution in [3.8, 4) is 0 Å². The molecule has 1 amide bonds. The van der Waals surface area contributed by atoms with Gasteiger partial charge < -0.3 is 15.4 Å². The lowest BCUT2D eigenvalue weighted by Crippen LogP contribution is -2.12. The Balaban J connectivity index is 1.88. The van der Waals surface area contributed by atoms with E-state index < -0.39 is 5.97 Å². The smallest absolute Gasteiger partial charge is 0.337 e. The van der Waals surface area contributed by atoms with E-state index in [0.717, 1.165) is 16.5 Å². The second kappa shape index (κ2) is 5.78. The zero-order chi connectivity index (χ0) is 16.6. The van der Waals surface area contributed by atoms with Crippen molar-refractivity contribution < 1.29 is 14.7 Å². The van der Waals surface area contributed by atoms with Crippen LogP contribution in [0.1, 0.15) is 26.4 Å². The Labute approximate surface area is 136 Å². The molecule has 0 saturated carbocycles. The average Bonchev–Trinajstić information content (AvgIpc) is 2.92. The molecule has 3 aromatic rings. The van der Waals surface area contributed by atoms with Crippen LogP contribution < -0.4 is 5.32 Å². The van der Waals surface area contributed by atoms with Crippen LogP contribution in [0.25, 0.3) is 10.9 Å². The van der Waals surface area contributed by atoms with E-state index in [4.69, 9.17) is 16.7 Å². The maximum atomic E-state index is 12.3. The summed E-state index contributed by atoms with van der Waals surface area (Å²) in [5.41, 5.74) is 2.68. The van der Waals surface area contributed by atoms with Crippen LogP contribution in [-0.4, -0.2) is 22.0 Å². The molecule has 0 spiro atoms. The summed E-state index contributed by atoms with van der Waals surface area (Å²) in [6.07, 6.45) is 0. The van der Waals surface area contributed by atoms with Gasteiger partial charge in [-0.05, 0) is 43.3 Å². The van der Waals surface area contributed by atoms with Gasteiger partial charge in [0.15, 0.2) is 0 Å². The van der Waals surface area contributed by atoms with Crippen LogP contribution in [0.4, 0.5) is 5.69 Å². The van der Waals surface area contributed by atoms with Gasteiger partial charge in [0.1, 0.15) is 5.69 Å². The number of carboxylic acid groups (broad SMARTS) is 1. The Hall–Kier alpha value is -2.79. The third-order valence-corrected chi connectivity index (χ3v) is 3.81. The third-order valence-electron chi connectivity index (χ3n) is 3.48. The highest BCUT2D eigenvalue weighted by molar-refractivity contribution is 6.33. The van der Waals surface area contributed by atoms with Crippen molar-refractivity contribution in [1.82, 2.24) is 4.98 Å². The lowest BCUT2D eigenvalue weighted by Gasteiger charge is -2.06. The van der Waals surface area contributed by atoms with Crippen molar-refractivity contribution in [3.05, 3.63) is 64.3 Å². The molecule has 0 atom stereocenters. The maximum Gasteiger partial charge on any atom is 0.337 e. The van der Waals surface area contributed by atoms with E-state index in [-0.39, 0.29) is 16.5 Å². The number of amides is 1. The summed E-state index contributed by atoms with van der Waals surface area (Å²) in [7, 11) is 0. The number of aryl methyl sites for hydroxylation is 1. The summed E-state index contributed by atoms with van der Waals surface area (Å²) in [4.78, 5) is 26.4. The summed E-state index contributed by atoms with van der Waals surface area (Å²) < 4.78 is 0. The number of aromatic nitrogens is 1. The van der Waals surface area contributed by atoms with Crippen molar-refractivity contribution in [2.24, 2.45) is 0 Å². The minimum atomic E-state index is -1.15. The van der Waals surface area contributed by atoms with Crippen molar-refractivity contribution >= 4 is 40.1 Å². The van der Waals surface area contributed by atoms with Crippen LogP contribution in [0.2, 0.25) is 5.02 Å². The molecule has 3 rings (SSSR count). The number of carboxylic acids is 1. The zero-order valence-corrected chi connectivity index (χ0v) is 12.9. The van der Waals surface area contributed by atoms with E-state index in [1.165, 1.54) is 12.1 Å². The van der Waals surface area contributed by atoms with E-state index in [2.05, 4.69) is 10.3 Å². The Morgan fingerprint density at radius 3 is 2.65 bits per heavy atom. The second-order valence-corrected chi connectivity index (χ2v) is 5.63. The summed E-state index contributed by atoms with van der Waals surface area (Å²) in [6.45, 7) is 1.98. The van der Waals surface area contributed by atoms with Crippen molar-refractivity contribution in [2.45, 2.75) is 6.92 Å². The number of aromatic carboxylic acids is 1. The van der Waals surface area contributed by atoms with Crippen LogP contribution in [0.5, 0.6) is 0 Å². The zero-order valence-electron chi connectivity index (χ0n) is 12.2. The number of fused-ring (bicyclic) bond motifs is 1. The van der Waals surface area contributed by atoms with Gasteiger partial charge in [-0.25, -0.2) is 4.79 Å². The summed E-state index contributed by atoms with van der Waals surface area (Å²) >= 11 is 5.81. The minimum Gasteiger partial charge on any atom is -0.478 e. The number of carbonyl (C=O) groups excluding carboxylic acids is 1. The SMILES string of the molecule is Cc1ccc2[nH]c(C(=O)Nc3ccc(Cl)c(C(=O)O)c3)cc2c1. The molecule has 3 N–H and O–H groups in total. The molecule has 0 aliphatic carbocycles. The van der Waals surface area contributed by atoms with Gasteiger partial charge >= 0.3 is 5.97 Å². The molecule has 2 aromatic carbocycles. The Bertz CT molecular complexity index is 931. The predicted octanol–water partition coefficient (Wildman–Crippen LogP) is 4.08. The summed E-state index contributed by atoms with van der Waals surface area (Å²) in [5.74, 6) is -1.50. The quantitative estimate of drug-likeness (QED) is 0.677. The number of carbonyl (C=O) groups is 2. The van der Waals surface area contributed by atoms with Gasteiger partial charge in [-0.3, -0.25) is 4.79 Å². The Kier molecular flexibility index (Phi) is 3.80. The number of halogens is 1. The number of hydrogen-bond acceptors (Lipinski definition) is 2. The molecule has 5 nitrogen and oxygen atoms in total. The molecule has 0 fully saturated rings. The highest BCUT2D eigenvalue weighted by Gasteiger charge is 2.13. The molecule has 0 bridgehead atoms. The number of anilines is 1. The average molecular weight is 329 g/mol. The third kappa shape index (κ3) is 3.05. The highest BCUT2D eigenvalue weighted by atomic mass is 35.5. The lowest BCUT2D eigenvalue weighted by atomic mass is 10.2. The van der Waals surface area contributed by atoms with E-state index in [1.54, 1.807) is 12.1 Å². The Morgan fingerprint density at radius 2 is 1.91 bits per heavy atom. The molecule has 1 heterocycles. The van der Waals surface area contributed by atoms with Gasteiger partial charge in [0.2, 0.25) is 0 Å². The van der Waals surface area contributed by atoms with Gasteiger partial charge in [-0.2, -0.15) is 0 Å². The Morgan fingerprint density at radius 1 is 1.13 bits per heavy atom. The molecule has 0 aliphatic heterocycles. The molecule has 0 aliphatic rings. The molecule has 0 radical (unpaired) electrons. The second-order valence-electron chi connectivity index (χ2n) is 5.23. The van der Waals surface area contributed by atoms with Gasteiger partial charge in [0.25, 0.3) is 5.91 Å². The standard InChI is InChI=1S/C17H13ClN2O3/c1-9-2-5-14-10(6-9)7-15(20-14)16(21)19-11-3-4-13(18)12(8-11)17(22)23/h2-8,20H,1H3,(H,19,21)(H,22,23).